The maximum Gasteiger partial charge on any atom is 0.0734 e. The van der Waals surface area contributed by atoms with E-state index in [0.717, 1.165) is 28.3 Å². The summed E-state index contributed by atoms with van der Waals surface area (Å²) in [6, 6.07) is 10.1. The van der Waals surface area contributed by atoms with Crippen molar-refractivity contribution >= 4 is 10.8 Å². The van der Waals surface area contributed by atoms with E-state index in [1.165, 1.54) is 5.56 Å². The van der Waals surface area contributed by atoms with Gasteiger partial charge in [-0.15, -0.1) is 0 Å². The Labute approximate surface area is 124 Å². The summed E-state index contributed by atoms with van der Waals surface area (Å²) in [6.45, 7) is 2.12. The standard InChI is InChI=1S/C17H18N4/c1-2-12-9-19-8-7-15(12)17(21-18)16-11-20-10-13-5-3-4-6-14(13)16/h3-11,17,21H,2,18H2,1H3. The summed E-state index contributed by atoms with van der Waals surface area (Å²) in [4.78, 5) is 8.56. The van der Waals surface area contributed by atoms with E-state index < -0.39 is 0 Å². The summed E-state index contributed by atoms with van der Waals surface area (Å²) in [6.07, 6.45) is 8.38. The molecule has 0 aliphatic carbocycles. The average molecular weight is 278 g/mol. The molecule has 0 bridgehead atoms. The van der Waals surface area contributed by atoms with Crippen molar-refractivity contribution in [2.45, 2.75) is 19.4 Å². The number of hydrazine groups is 1. The smallest absolute Gasteiger partial charge is 0.0734 e. The van der Waals surface area contributed by atoms with Gasteiger partial charge in [-0.1, -0.05) is 31.2 Å². The van der Waals surface area contributed by atoms with Crippen LogP contribution in [0.1, 0.15) is 29.7 Å². The Bertz CT molecular complexity index is 749. The van der Waals surface area contributed by atoms with Crippen molar-refractivity contribution in [2.75, 3.05) is 0 Å². The number of rotatable bonds is 4. The molecule has 0 spiro atoms. The van der Waals surface area contributed by atoms with E-state index in [1.807, 2.05) is 36.8 Å². The van der Waals surface area contributed by atoms with Gasteiger partial charge in [-0.2, -0.15) is 0 Å². The predicted molar refractivity (Wildman–Crippen MR) is 84.5 cm³/mol. The van der Waals surface area contributed by atoms with Gasteiger partial charge in [0.1, 0.15) is 0 Å². The molecule has 0 radical (unpaired) electrons. The lowest BCUT2D eigenvalue weighted by Gasteiger charge is -2.20. The summed E-state index contributed by atoms with van der Waals surface area (Å²) < 4.78 is 0. The molecule has 0 saturated heterocycles. The number of aryl methyl sites for hydroxylation is 1. The molecule has 3 N–H and O–H groups in total. The number of hydrogen-bond donors (Lipinski definition) is 2. The summed E-state index contributed by atoms with van der Waals surface area (Å²) in [5, 5.41) is 2.27. The molecule has 0 saturated carbocycles. The zero-order chi connectivity index (χ0) is 14.7. The van der Waals surface area contributed by atoms with Crippen LogP contribution in [0.15, 0.2) is 55.1 Å². The highest BCUT2D eigenvalue weighted by molar-refractivity contribution is 5.85. The first-order valence-corrected chi connectivity index (χ1v) is 7.06. The minimum Gasteiger partial charge on any atom is -0.271 e. The first kappa shape index (κ1) is 13.7. The third kappa shape index (κ3) is 2.51. The van der Waals surface area contributed by atoms with E-state index >= 15 is 0 Å². The normalized spacial score (nSPS) is 12.5. The molecule has 1 unspecified atom stereocenters. The Balaban J connectivity index is 2.19. The number of nitrogens with two attached hydrogens (primary N) is 1. The largest absolute Gasteiger partial charge is 0.271 e. The van der Waals surface area contributed by atoms with Crippen LogP contribution >= 0.6 is 0 Å². The van der Waals surface area contributed by atoms with E-state index in [9.17, 15) is 0 Å². The van der Waals surface area contributed by atoms with Crippen molar-refractivity contribution < 1.29 is 0 Å². The van der Waals surface area contributed by atoms with Crippen LogP contribution < -0.4 is 11.3 Å². The number of hydrogen-bond acceptors (Lipinski definition) is 4. The Morgan fingerprint density at radius 2 is 1.90 bits per heavy atom. The molecular formula is C17H18N4. The van der Waals surface area contributed by atoms with Crippen molar-refractivity contribution in [1.82, 2.24) is 15.4 Å². The van der Waals surface area contributed by atoms with Crippen molar-refractivity contribution in [3.63, 3.8) is 0 Å². The van der Waals surface area contributed by atoms with Crippen molar-refractivity contribution in [2.24, 2.45) is 5.84 Å². The zero-order valence-corrected chi connectivity index (χ0v) is 12.0. The number of fused-ring (bicyclic) bond motifs is 1. The maximum absolute atomic E-state index is 5.85. The molecule has 3 rings (SSSR count). The fourth-order valence-electron chi connectivity index (χ4n) is 2.73. The van der Waals surface area contributed by atoms with Gasteiger partial charge in [0.15, 0.2) is 0 Å². The molecule has 0 aliphatic heterocycles. The maximum atomic E-state index is 5.85. The lowest BCUT2D eigenvalue weighted by molar-refractivity contribution is 0.632. The van der Waals surface area contributed by atoms with Gasteiger partial charge in [0.05, 0.1) is 6.04 Å². The van der Waals surface area contributed by atoms with Gasteiger partial charge in [-0.3, -0.25) is 15.8 Å². The van der Waals surface area contributed by atoms with E-state index in [4.69, 9.17) is 5.84 Å². The van der Waals surface area contributed by atoms with Gasteiger partial charge in [-0.25, -0.2) is 5.43 Å². The Morgan fingerprint density at radius 1 is 1.05 bits per heavy atom. The lowest BCUT2D eigenvalue weighted by Crippen LogP contribution is -2.30. The van der Waals surface area contributed by atoms with Gasteiger partial charge in [-0.05, 0) is 29.0 Å². The number of benzene rings is 1. The first-order valence-electron chi connectivity index (χ1n) is 7.06. The molecule has 4 nitrogen and oxygen atoms in total. The summed E-state index contributed by atoms with van der Waals surface area (Å²) in [5.74, 6) is 5.85. The Hall–Kier alpha value is -2.30. The number of nitrogens with one attached hydrogen (secondary N) is 1. The molecule has 1 atom stereocenters. The summed E-state index contributed by atoms with van der Waals surface area (Å²) in [5.41, 5.74) is 6.35. The molecule has 2 heterocycles. The van der Waals surface area contributed by atoms with Gasteiger partial charge < -0.3 is 0 Å². The minimum absolute atomic E-state index is 0.0958. The van der Waals surface area contributed by atoms with Crippen molar-refractivity contribution in [1.29, 1.82) is 0 Å². The molecule has 3 aromatic rings. The van der Waals surface area contributed by atoms with Crippen LogP contribution in [0.5, 0.6) is 0 Å². The van der Waals surface area contributed by atoms with Crippen LogP contribution in [0, 0.1) is 0 Å². The first-order chi connectivity index (χ1) is 10.3. The quantitative estimate of drug-likeness (QED) is 0.569. The second kappa shape index (κ2) is 5.99. The van der Waals surface area contributed by atoms with E-state index in [-0.39, 0.29) is 6.04 Å². The summed E-state index contributed by atoms with van der Waals surface area (Å²) >= 11 is 0. The second-order valence-electron chi connectivity index (χ2n) is 4.98. The van der Waals surface area contributed by atoms with Crippen LogP contribution in [0.4, 0.5) is 0 Å². The monoisotopic (exact) mass is 278 g/mol. The Kier molecular flexibility index (Phi) is 3.90. The molecule has 0 amide bonds. The minimum atomic E-state index is -0.0958. The van der Waals surface area contributed by atoms with Gasteiger partial charge in [0.25, 0.3) is 0 Å². The van der Waals surface area contributed by atoms with E-state index in [1.54, 1.807) is 6.20 Å². The van der Waals surface area contributed by atoms with Crippen LogP contribution in [-0.4, -0.2) is 9.97 Å². The topological polar surface area (TPSA) is 63.8 Å². The lowest BCUT2D eigenvalue weighted by atomic mass is 9.93. The highest BCUT2D eigenvalue weighted by Gasteiger charge is 2.18. The molecule has 4 heteroatoms. The van der Waals surface area contributed by atoms with Crippen LogP contribution in [-0.2, 0) is 6.42 Å². The SMILES string of the molecule is CCc1cnccc1C(NN)c1cncc2ccccc12. The predicted octanol–water partition coefficient (Wildman–Crippen LogP) is 2.74. The van der Waals surface area contributed by atoms with E-state index in [2.05, 4.69) is 34.5 Å². The molecule has 1 aromatic carbocycles. The van der Waals surface area contributed by atoms with Gasteiger partial charge in [0.2, 0.25) is 0 Å². The Morgan fingerprint density at radius 3 is 2.71 bits per heavy atom. The molecule has 0 aliphatic rings. The second-order valence-corrected chi connectivity index (χ2v) is 4.98. The molecule has 21 heavy (non-hydrogen) atoms. The molecule has 106 valence electrons. The number of pyridine rings is 2. The van der Waals surface area contributed by atoms with Crippen LogP contribution in [0.25, 0.3) is 10.8 Å². The summed E-state index contributed by atoms with van der Waals surface area (Å²) in [7, 11) is 0. The third-order valence-electron chi connectivity index (χ3n) is 3.81. The fraction of sp³-hybridized carbons (Fsp3) is 0.176. The molecule has 2 aromatic heterocycles. The highest BCUT2D eigenvalue weighted by atomic mass is 15.2. The average Bonchev–Trinajstić information content (AvgIpc) is 2.56. The molecular weight excluding hydrogens is 260 g/mol. The zero-order valence-electron chi connectivity index (χ0n) is 12.0. The van der Waals surface area contributed by atoms with Crippen molar-refractivity contribution in [3.05, 3.63) is 71.8 Å². The van der Waals surface area contributed by atoms with Gasteiger partial charge >= 0.3 is 0 Å². The van der Waals surface area contributed by atoms with Crippen LogP contribution in [0.2, 0.25) is 0 Å². The highest BCUT2D eigenvalue weighted by Crippen LogP contribution is 2.29. The van der Waals surface area contributed by atoms with Crippen molar-refractivity contribution in [3.8, 4) is 0 Å². The number of aromatic nitrogens is 2. The fourth-order valence-corrected chi connectivity index (χ4v) is 2.73. The van der Waals surface area contributed by atoms with Gasteiger partial charge in [0, 0.05) is 35.7 Å². The molecule has 0 fully saturated rings. The van der Waals surface area contributed by atoms with E-state index in [0.29, 0.717) is 0 Å². The number of nitrogens with zero attached hydrogens (tertiary/aromatic N) is 2. The third-order valence-corrected chi connectivity index (χ3v) is 3.81. The van der Waals surface area contributed by atoms with Crippen LogP contribution in [0.3, 0.4) is 0 Å².